The van der Waals surface area contributed by atoms with Gasteiger partial charge in [0.1, 0.15) is 11.6 Å². The van der Waals surface area contributed by atoms with Crippen LogP contribution in [0.3, 0.4) is 0 Å². The summed E-state index contributed by atoms with van der Waals surface area (Å²) in [5, 5.41) is 0. The summed E-state index contributed by atoms with van der Waals surface area (Å²) in [6.45, 7) is 0. The Morgan fingerprint density at radius 3 is 2.71 bits per heavy atom. The van der Waals surface area contributed by atoms with E-state index in [0.29, 0.717) is 24.0 Å². The minimum atomic E-state index is -4.03. The molecule has 2 rings (SSSR count). The van der Waals surface area contributed by atoms with Crippen molar-refractivity contribution in [2.24, 2.45) is 5.92 Å². The lowest BCUT2D eigenvalue weighted by Crippen LogP contribution is -2.23. The molecule has 1 N–H and O–H groups in total. The van der Waals surface area contributed by atoms with E-state index in [-0.39, 0.29) is 18.1 Å². The lowest BCUT2D eigenvalue weighted by atomic mass is 9.84. The summed E-state index contributed by atoms with van der Waals surface area (Å²) < 4.78 is 56.7. The quantitative estimate of drug-likeness (QED) is 0.829. The summed E-state index contributed by atoms with van der Waals surface area (Å²) in [5.41, 5.74) is 0.959. The number of rotatable bonds is 2. The third-order valence-corrected chi connectivity index (χ3v) is 3.90. The Hall–Kier alpha value is -1.01. The second-order valence-corrected chi connectivity index (χ2v) is 5.88. The summed E-state index contributed by atoms with van der Waals surface area (Å²) in [4.78, 5) is 0. The van der Waals surface area contributed by atoms with Gasteiger partial charge < -0.3 is 0 Å². The highest BCUT2D eigenvalue weighted by atomic mass is 32.2. The average molecular weight is 262 g/mol. The molecule has 1 aromatic carbocycles. The van der Waals surface area contributed by atoms with Crippen molar-refractivity contribution in [3.05, 3.63) is 34.9 Å². The Morgan fingerprint density at radius 1 is 1.35 bits per heavy atom. The first-order chi connectivity index (χ1) is 7.85. The van der Waals surface area contributed by atoms with Gasteiger partial charge in [0, 0.05) is 6.07 Å². The van der Waals surface area contributed by atoms with Crippen molar-refractivity contribution in [1.29, 1.82) is 0 Å². The van der Waals surface area contributed by atoms with Crippen LogP contribution >= 0.6 is 0 Å². The fourth-order valence-electron chi connectivity index (χ4n) is 2.32. The summed E-state index contributed by atoms with van der Waals surface area (Å²) in [6, 6.07) is 2.07. The van der Waals surface area contributed by atoms with Gasteiger partial charge in [-0.25, -0.2) is 8.78 Å². The highest BCUT2D eigenvalue weighted by molar-refractivity contribution is 7.85. The van der Waals surface area contributed by atoms with Gasteiger partial charge in [0.2, 0.25) is 0 Å². The molecule has 6 heteroatoms. The van der Waals surface area contributed by atoms with Gasteiger partial charge in [0.15, 0.2) is 0 Å². The lowest BCUT2D eigenvalue weighted by Gasteiger charge is -2.23. The third-order valence-electron chi connectivity index (χ3n) is 3.01. The molecule has 0 spiro atoms. The van der Waals surface area contributed by atoms with E-state index in [1.165, 1.54) is 6.07 Å². The zero-order chi connectivity index (χ0) is 12.6. The van der Waals surface area contributed by atoms with E-state index >= 15 is 0 Å². The van der Waals surface area contributed by atoms with E-state index in [9.17, 15) is 17.2 Å². The molecule has 0 fully saturated rings. The molecular weight excluding hydrogens is 250 g/mol. The van der Waals surface area contributed by atoms with Crippen molar-refractivity contribution in [1.82, 2.24) is 0 Å². The Labute approximate surface area is 98.2 Å². The molecule has 1 aromatic rings. The van der Waals surface area contributed by atoms with E-state index in [0.717, 1.165) is 6.07 Å². The molecule has 94 valence electrons. The maximum Gasteiger partial charge on any atom is 0.265 e. The van der Waals surface area contributed by atoms with Gasteiger partial charge in [0.05, 0.1) is 5.75 Å². The highest BCUT2D eigenvalue weighted by Gasteiger charge is 2.25. The highest BCUT2D eigenvalue weighted by Crippen LogP contribution is 2.29. The van der Waals surface area contributed by atoms with Gasteiger partial charge in [-0.05, 0) is 42.4 Å². The Balaban J connectivity index is 2.24. The number of hydrogen-bond donors (Lipinski definition) is 1. The Bertz CT molecular complexity index is 540. The molecular formula is C11H12F2O3S. The fraction of sp³-hybridized carbons (Fsp3) is 0.455. The van der Waals surface area contributed by atoms with Crippen LogP contribution in [0.5, 0.6) is 0 Å². The molecule has 1 aliphatic rings. The molecule has 0 bridgehead atoms. The van der Waals surface area contributed by atoms with E-state index in [4.69, 9.17) is 4.55 Å². The van der Waals surface area contributed by atoms with Crippen LogP contribution in [0, 0.1) is 17.6 Å². The van der Waals surface area contributed by atoms with E-state index in [1.807, 2.05) is 0 Å². The fourth-order valence-corrected chi connectivity index (χ4v) is 3.20. The van der Waals surface area contributed by atoms with Gasteiger partial charge in [-0.2, -0.15) is 8.42 Å². The van der Waals surface area contributed by atoms with Crippen molar-refractivity contribution >= 4 is 10.1 Å². The van der Waals surface area contributed by atoms with Crippen molar-refractivity contribution < 1.29 is 21.8 Å². The van der Waals surface area contributed by atoms with Crippen LogP contribution in [-0.2, 0) is 23.0 Å². The molecule has 0 heterocycles. The SMILES string of the molecule is O=S(=O)(O)C[C@@H]1CCc2c(F)cc(F)cc2C1. The Morgan fingerprint density at radius 2 is 2.06 bits per heavy atom. The number of benzene rings is 1. The van der Waals surface area contributed by atoms with E-state index in [2.05, 4.69) is 0 Å². The van der Waals surface area contributed by atoms with Gasteiger partial charge in [-0.3, -0.25) is 4.55 Å². The molecule has 0 amide bonds. The number of fused-ring (bicyclic) bond motifs is 1. The first-order valence-corrected chi connectivity index (χ1v) is 6.88. The van der Waals surface area contributed by atoms with Crippen LogP contribution in [0.15, 0.2) is 12.1 Å². The number of halogens is 2. The van der Waals surface area contributed by atoms with Crippen LogP contribution in [-0.4, -0.2) is 18.7 Å². The van der Waals surface area contributed by atoms with Crippen molar-refractivity contribution in [2.45, 2.75) is 19.3 Å². The first kappa shape index (κ1) is 12.4. The van der Waals surface area contributed by atoms with Crippen LogP contribution in [0.1, 0.15) is 17.5 Å². The largest absolute Gasteiger partial charge is 0.286 e. The second-order valence-electron chi connectivity index (χ2n) is 4.38. The normalized spacial score (nSPS) is 20.1. The van der Waals surface area contributed by atoms with Gasteiger partial charge in [-0.15, -0.1) is 0 Å². The number of hydrogen-bond acceptors (Lipinski definition) is 2. The summed E-state index contributed by atoms with van der Waals surface area (Å²) >= 11 is 0. The predicted octanol–water partition coefficient (Wildman–Crippen LogP) is 1.96. The molecule has 0 radical (unpaired) electrons. The van der Waals surface area contributed by atoms with Crippen LogP contribution in [0.25, 0.3) is 0 Å². The topological polar surface area (TPSA) is 54.4 Å². The molecule has 17 heavy (non-hydrogen) atoms. The molecule has 3 nitrogen and oxygen atoms in total. The van der Waals surface area contributed by atoms with E-state index < -0.39 is 21.8 Å². The zero-order valence-electron chi connectivity index (χ0n) is 8.99. The lowest BCUT2D eigenvalue weighted by molar-refractivity contribution is 0.437. The van der Waals surface area contributed by atoms with Crippen LogP contribution in [0.2, 0.25) is 0 Å². The molecule has 1 atom stereocenters. The molecule has 0 aromatic heterocycles. The van der Waals surface area contributed by atoms with Gasteiger partial charge in [0.25, 0.3) is 10.1 Å². The summed E-state index contributed by atoms with van der Waals surface area (Å²) in [6.07, 6.45) is 1.14. The van der Waals surface area contributed by atoms with E-state index in [1.54, 1.807) is 0 Å². The smallest absolute Gasteiger partial charge is 0.265 e. The van der Waals surface area contributed by atoms with Crippen LogP contribution < -0.4 is 0 Å². The van der Waals surface area contributed by atoms with Gasteiger partial charge in [-0.1, -0.05) is 0 Å². The molecule has 0 aliphatic heterocycles. The third kappa shape index (κ3) is 3.01. The monoisotopic (exact) mass is 262 g/mol. The molecule has 0 saturated heterocycles. The molecule has 1 aliphatic carbocycles. The first-order valence-electron chi connectivity index (χ1n) is 5.27. The molecule has 0 unspecified atom stereocenters. The summed E-state index contributed by atoms with van der Waals surface area (Å²) in [7, 11) is -4.03. The maximum absolute atomic E-state index is 13.4. The second kappa shape index (κ2) is 4.34. The predicted molar refractivity (Wildman–Crippen MR) is 58.3 cm³/mol. The zero-order valence-corrected chi connectivity index (χ0v) is 9.80. The molecule has 0 saturated carbocycles. The van der Waals surface area contributed by atoms with Crippen molar-refractivity contribution in [3.8, 4) is 0 Å². The minimum Gasteiger partial charge on any atom is -0.286 e. The summed E-state index contributed by atoms with van der Waals surface area (Å²) in [5.74, 6) is -1.87. The Kier molecular flexibility index (Phi) is 3.18. The minimum absolute atomic E-state index is 0.279. The standard InChI is InChI=1S/C11H12F2O3S/c12-9-4-8-3-7(6-17(14,15)16)1-2-10(8)11(13)5-9/h4-5,7H,1-3,6H2,(H,14,15,16)/t7-/m1/s1. The van der Waals surface area contributed by atoms with Gasteiger partial charge >= 0.3 is 0 Å². The van der Waals surface area contributed by atoms with Crippen molar-refractivity contribution in [2.75, 3.05) is 5.75 Å². The average Bonchev–Trinajstić information content (AvgIpc) is 2.13. The van der Waals surface area contributed by atoms with Crippen molar-refractivity contribution in [3.63, 3.8) is 0 Å². The van der Waals surface area contributed by atoms with Crippen LogP contribution in [0.4, 0.5) is 8.78 Å². The maximum atomic E-state index is 13.4.